The van der Waals surface area contributed by atoms with Gasteiger partial charge in [0.25, 0.3) is 0 Å². The number of likely N-dealkylation sites (tertiary alicyclic amines) is 1. The fourth-order valence-corrected chi connectivity index (χ4v) is 4.56. The maximum atomic E-state index is 12.9. The first-order valence-corrected chi connectivity index (χ1v) is 10.7. The van der Waals surface area contributed by atoms with Crippen LogP contribution in [0.1, 0.15) is 6.42 Å². The first-order valence-electron chi connectivity index (χ1n) is 9.26. The van der Waals surface area contributed by atoms with Gasteiger partial charge in [0.2, 0.25) is 10.0 Å². The zero-order valence-electron chi connectivity index (χ0n) is 17.2. The first-order chi connectivity index (χ1) is 14.3. The Kier molecular flexibility index (Phi) is 8.52. The minimum absolute atomic E-state index is 0.0491. The molecule has 1 saturated heterocycles. The highest BCUT2D eigenvalue weighted by atomic mass is 32.2. The molecule has 1 heterocycles. The van der Waals surface area contributed by atoms with E-state index in [1.54, 1.807) is 6.07 Å². The number of hydrogen-bond donors (Lipinski definition) is 3. The van der Waals surface area contributed by atoms with E-state index in [1.165, 1.54) is 38.4 Å². The Hall–Kier alpha value is -2.75. The Bertz CT molecular complexity index is 872. The quantitative estimate of drug-likeness (QED) is 0.336. The summed E-state index contributed by atoms with van der Waals surface area (Å²) in [5.41, 5.74) is 0. The molecule has 0 saturated carbocycles. The second-order valence-corrected chi connectivity index (χ2v) is 8.29. The Morgan fingerprint density at radius 1 is 1.27 bits per heavy atom. The van der Waals surface area contributed by atoms with Crippen LogP contribution >= 0.6 is 0 Å². The molecule has 3 N–H and O–H groups in total. The van der Waals surface area contributed by atoms with Gasteiger partial charge in [-0.2, -0.15) is 5.26 Å². The highest BCUT2D eigenvalue weighted by Gasteiger charge is 2.35. The standard InChI is InChI=1S/C18H27N5O6S/c1-27-7-6-20-18(24)21-10-14-8-13(11-23(14)12-19)22-30(25,26)17-9-15(28-2)4-5-16(17)29-3/h4-5,9,13-14,22H,6-8,10-11H2,1-3H3,(H2,20,21,24). The molecule has 1 aromatic carbocycles. The van der Waals surface area contributed by atoms with Crippen molar-refractivity contribution in [2.75, 3.05) is 47.6 Å². The Morgan fingerprint density at radius 2 is 2.03 bits per heavy atom. The number of nitriles is 1. The number of amides is 2. The van der Waals surface area contributed by atoms with Crippen LogP contribution in [0.2, 0.25) is 0 Å². The van der Waals surface area contributed by atoms with Crippen molar-refractivity contribution in [3.63, 3.8) is 0 Å². The van der Waals surface area contributed by atoms with Crippen LogP contribution in [0, 0.1) is 11.5 Å². The normalized spacial score (nSPS) is 18.5. The van der Waals surface area contributed by atoms with Gasteiger partial charge in [-0.1, -0.05) is 0 Å². The number of nitrogens with zero attached hydrogens (tertiary/aromatic N) is 2. The Balaban J connectivity index is 2.02. The number of carbonyl (C=O) groups is 1. The summed E-state index contributed by atoms with van der Waals surface area (Å²) < 4.78 is 43.6. The van der Waals surface area contributed by atoms with Crippen molar-refractivity contribution in [2.45, 2.75) is 23.4 Å². The summed E-state index contributed by atoms with van der Waals surface area (Å²) in [6, 6.07) is 3.27. The van der Waals surface area contributed by atoms with Crippen LogP contribution in [0.4, 0.5) is 4.79 Å². The molecule has 11 nitrogen and oxygen atoms in total. The van der Waals surface area contributed by atoms with E-state index in [1.807, 2.05) is 6.19 Å². The van der Waals surface area contributed by atoms with Gasteiger partial charge in [0, 0.05) is 38.9 Å². The van der Waals surface area contributed by atoms with Gasteiger partial charge in [0.05, 0.1) is 26.9 Å². The number of sulfonamides is 1. The maximum absolute atomic E-state index is 12.9. The number of carbonyl (C=O) groups excluding carboxylic acids is 1. The van der Waals surface area contributed by atoms with Crippen molar-refractivity contribution in [1.29, 1.82) is 5.26 Å². The van der Waals surface area contributed by atoms with Crippen molar-refractivity contribution in [2.24, 2.45) is 0 Å². The first kappa shape index (κ1) is 23.5. The molecule has 2 atom stereocenters. The predicted octanol–water partition coefficient (Wildman–Crippen LogP) is -0.148. The molecule has 0 spiro atoms. The van der Waals surface area contributed by atoms with E-state index in [0.717, 1.165) is 0 Å². The number of benzene rings is 1. The molecule has 12 heteroatoms. The molecule has 166 valence electrons. The van der Waals surface area contributed by atoms with Crippen LogP contribution in [0.5, 0.6) is 11.5 Å². The molecule has 2 unspecified atom stereocenters. The maximum Gasteiger partial charge on any atom is 0.314 e. The lowest BCUT2D eigenvalue weighted by atomic mass is 10.2. The van der Waals surface area contributed by atoms with Crippen molar-refractivity contribution in [1.82, 2.24) is 20.3 Å². The molecule has 1 fully saturated rings. The van der Waals surface area contributed by atoms with Gasteiger partial charge in [0.1, 0.15) is 16.4 Å². The van der Waals surface area contributed by atoms with Crippen LogP contribution < -0.4 is 24.8 Å². The van der Waals surface area contributed by atoms with E-state index >= 15 is 0 Å². The molecular formula is C18H27N5O6S. The fourth-order valence-electron chi connectivity index (χ4n) is 3.13. The monoisotopic (exact) mass is 441 g/mol. The molecule has 1 aromatic rings. The summed E-state index contributed by atoms with van der Waals surface area (Å²) in [7, 11) is 0.431. The second kappa shape index (κ2) is 10.9. The zero-order valence-corrected chi connectivity index (χ0v) is 18.0. The zero-order chi connectivity index (χ0) is 22.1. The Labute approximate surface area is 176 Å². The summed E-state index contributed by atoms with van der Waals surface area (Å²) in [6.45, 7) is 1.14. The summed E-state index contributed by atoms with van der Waals surface area (Å²) in [6.07, 6.45) is 2.41. The highest BCUT2D eigenvalue weighted by Crippen LogP contribution is 2.29. The molecule has 0 radical (unpaired) electrons. The summed E-state index contributed by atoms with van der Waals surface area (Å²) >= 11 is 0. The van der Waals surface area contributed by atoms with E-state index in [2.05, 4.69) is 15.4 Å². The van der Waals surface area contributed by atoms with E-state index < -0.39 is 16.1 Å². The molecule has 0 aromatic heterocycles. The smallest absolute Gasteiger partial charge is 0.314 e. The van der Waals surface area contributed by atoms with Gasteiger partial charge in [-0.25, -0.2) is 17.9 Å². The third-order valence-corrected chi connectivity index (χ3v) is 6.16. The summed E-state index contributed by atoms with van der Waals surface area (Å²) in [5.74, 6) is 0.562. The number of urea groups is 1. The van der Waals surface area contributed by atoms with Gasteiger partial charge < -0.3 is 29.7 Å². The van der Waals surface area contributed by atoms with Gasteiger partial charge in [-0.15, -0.1) is 0 Å². The van der Waals surface area contributed by atoms with Crippen molar-refractivity contribution in [3.05, 3.63) is 18.2 Å². The molecule has 0 aliphatic carbocycles. The number of ether oxygens (including phenoxy) is 3. The van der Waals surface area contributed by atoms with E-state index in [0.29, 0.717) is 25.3 Å². The number of hydrogen-bond acceptors (Lipinski definition) is 8. The largest absolute Gasteiger partial charge is 0.497 e. The number of methoxy groups -OCH3 is 3. The molecule has 1 aliphatic rings. The van der Waals surface area contributed by atoms with Crippen LogP contribution in [0.15, 0.2) is 23.1 Å². The van der Waals surface area contributed by atoms with Crippen LogP contribution in [0.25, 0.3) is 0 Å². The topological polar surface area (TPSA) is 142 Å². The van der Waals surface area contributed by atoms with Gasteiger partial charge in [0.15, 0.2) is 6.19 Å². The number of nitrogens with one attached hydrogen (secondary N) is 3. The van der Waals surface area contributed by atoms with E-state index in [9.17, 15) is 18.5 Å². The van der Waals surface area contributed by atoms with Gasteiger partial charge in [-0.05, 0) is 18.6 Å². The van der Waals surface area contributed by atoms with Crippen molar-refractivity contribution < 1.29 is 27.4 Å². The molecule has 0 bridgehead atoms. The summed E-state index contributed by atoms with van der Waals surface area (Å²) in [4.78, 5) is 13.2. The lowest BCUT2D eigenvalue weighted by molar-refractivity contribution is 0.195. The molecular weight excluding hydrogens is 414 g/mol. The third kappa shape index (κ3) is 6.12. The second-order valence-electron chi connectivity index (χ2n) is 6.61. The molecule has 2 amide bonds. The van der Waals surface area contributed by atoms with Crippen molar-refractivity contribution in [3.8, 4) is 17.7 Å². The third-order valence-electron chi connectivity index (χ3n) is 4.62. The number of rotatable bonds is 10. The van der Waals surface area contributed by atoms with Crippen LogP contribution in [-0.2, 0) is 14.8 Å². The Morgan fingerprint density at radius 3 is 2.67 bits per heavy atom. The van der Waals surface area contributed by atoms with E-state index in [-0.39, 0.29) is 35.8 Å². The van der Waals surface area contributed by atoms with Crippen molar-refractivity contribution >= 4 is 16.1 Å². The fraction of sp³-hybridized carbons (Fsp3) is 0.556. The minimum Gasteiger partial charge on any atom is -0.497 e. The van der Waals surface area contributed by atoms with Crippen LogP contribution in [0.3, 0.4) is 0 Å². The van der Waals surface area contributed by atoms with E-state index in [4.69, 9.17) is 14.2 Å². The van der Waals surface area contributed by atoms with Gasteiger partial charge in [-0.3, -0.25) is 0 Å². The highest BCUT2D eigenvalue weighted by molar-refractivity contribution is 7.89. The predicted molar refractivity (Wildman–Crippen MR) is 108 cm³/mol. The summed E-state index contributed by atoms with van der Waals surface area (Å²) in [5, 5.41) is 14.7. The lowest BCUT2D eigenvalue weighted by Gasteiger charge is -2.18. The molecule has 1 aliphatic heterocycles. The molecule has 30 heavy (non-hydrogen) atoms. The average Bonchev–Trinajstić information content (AvgIpc) is 3.12. The minimum atomic E-state index is -3.92. The lowest BCUT2D eigenvalue weighted by Crippen LogP contribution is -2.43. The van der Waals surface area contributed by atoms with Crippen LogP contribution in [-0.4, -0.2) is 79.0 Å². The average molecular weight is 442 g/mol. The van der Waals surface area contributed by atoms with Gasteiger partial charge >= 0.3 is 6.03 Å². The molecule has 2 rings (SSSR count). The SMILES string of the molecule is COCCNC(=O)NCC1CC(NS(=O)(=O)c2cc(OC)ccc2OC)CN1C#N.